The number of nitro groups is 1. The standard InChI is InChI=1S/C12H11N3O3/c13-8-1-6-12(11(14)7-8)18-10-4-2-9(3-5-10)15(16)17/h1-7H,13-14H2. The fourth-order valence-electron chi connectivity index (χ4n) is 1.42. The van der Waals surface area contributed by atoms with E-state index in [-0.39, 0.29) is 5.69 Å². The Kier molecular flexibility index (Phi) is 3.01. The lowest BCUT2D eigenvalue weighted by Crippen LogP contribution is -1.94. The van der Waals surface area contributed by atoms with Crippen molar-refractivity contribution in [2.24, 2.45) is 0 Å². The van der Waals surface area contributed by atoms with Crippen molar-refractivity contribution < 1.29 is 9.66 Å². The Hall–Kier alpha value is -2.76. The molecule has 0 bridgehead atoms. The Balaban J connectivity index is 2.21. The van der Waals surface area contributed by atoms with Gasteiger partial charge in [0.2, 0.25) is 0 Å². The van der Waals surface area contributed by atoms with Gasteiger partial charge in [0.25, 0.3) is 5.69 Å². The van der Waals surface area contributed by atoms with E-state index in [1.807, 2.05) is 0 Å². The van der Waals surface area contributed by atoms with Crippen molar-refractivity contribution in [1.82, 2.24) is 0 Å². The Labute approximate surface area is 103 Å². The molecule has 0 fully saturated rings. The van der Waals surface area contributed by atoms with Crippen LogP contribution in [0.2, 0.25) is 0 Å². The number of nitrogen functional groups attached to an aromatic ring is 2. The molecule has 0 spiro atoms. The van der Waals surface area contributed by atoms with Crippen LogP contribution in [0.5, 0.6) is 11.5 Å². The van der Waals surface area contributed by atoms with Gasteiger partial charge in [-0.1, -0.05) is 0 Å². The third-order valence-corrected chi connectivity index (χ3v) is 2.31. The minimum absolute atomic E-state index is 0.00706. The molecule has 0 heterocycles. The van der Waals surface area contributed by atoms with Crippen LogP contribution in [0.15, 0.2) is 42.5 Å². The molecule has 0 unspecified atom stereocenters. The third kappa shape index (κ3) is 2.49. The fraction of sp³-hybridized carbons (Fsp3) is 0. The first kappa shape index (κ1) is 11.7. The van der Waals surface area contributed by atoms with Crippen molar-refractivity contribution in [3.63, 3.8) is 0 Å². The van der Waals surface area contributed by atoms with E-state index in [0.717, 1.165) is 0 Å². The largest absolute Gasteiger partial charge is 0.455 e. The lowest BCUT2D eigenvalue weighted by Gasteiger charge is -2.08. The van der Waals surface area contributed by atoms with Gasteiger partial charge in [-0.15, -0.1) is 0 Å². The Morgan fingerprint density at radius 1 is 1.06 bits per heavy atom. The number of non-ortho nitro benzene ring substituents is 1. The molecule has 6 nitrogen and oxygen atoms in total. The molecule has 6 heteroatoms. The second-order valence-electron chi connectivity index (χ2n) is 3.65. The number of nitro benzene ring substituents is 1. The van der Waals surface area contributed by atoms with Crippen LogP contribution in [0.1, 0.15) is 0 Å². The SMILES string of the molecule is Nc1ccc(Oc2ccc([N+](=O)[O-])cc2)c(N)c1. The summed E-state index contributed by atoms with van der Waals surface area (Å²) < 4.78 is 5.50. The number of ether oxygens (including phenoxy) is 1. The topological polar surface area (TPSA) is 104 Å². The van der Waals surface area contributed by atoms with Crippen LogP contribution >= 0.6 is 0 Å². The molecule has 2 aromatic rings. The van der Waals surface area contributed by atoms with Crippen molar-refractivity contribution in [3.8, 4) is 11.5 Å². The van der Waals surface area contributed by atoms with Crippen molar-refractivity contribution in [1.29, 1.82) is 0 Å². The van der Waals surface area contributed by atoms with Gasteiger partial charge in [-0.3, -0.25) is 10.1 Å². The summed E-state index contributed by atoms with van der Waals surface area (Å²) >= 11 is 0. The summed E-state index contributed by atoms with van der Waals surface area (Å²) in [4.78, 5) is 10.0. The van der Waals surface area contributed by atoms with Gasteiger partial charge in [-0.25, -0.2) is 0 Å². The molecule has 0 aliphatic rings. The van der Waals surface area contributed by atoms with E-state index < -0.39 is 4.92 Å². The van der Waals surface area contributed by atoms with Crippen LogP contribution in [-0.4, -0.2) is 4.92 Å². The average molecular weight is 245 g/mol. The van der Waals surface area contributed by atoms with Gasteiger partial charge >= 0.3 is 0 Å². The molecule has 0 aromatic heterocycles. The monoisotopic (exact) mass is 245 g/mol. The lowest BCUT2D eigenvalue weighted by molar-refractivity contribution is -0.384. The van der Waals surface area contributed by atoms with Crippen molar-refractivity contribution >= 4 is 17.1 Å². The quantitative estimate of drug-likeness (QED) is 0.491. The normalized spacial score (nSPS) is 10.0. The summed E-state index contributed by atoms with van der Waals surface area (Å²) in [6.07, 6.45) is 0. The number of anilines is 2. The maximum atomic E-state index is 10.5. The highest BCUT2D eigenvalue weighted by atomic mass is 16.6. The molecule has 18 heavy (non-hydrogen) atoms. The molecule has 4 N–H and O–H groups in total. The molecular formula is C12H11N3O3. The summed E-state index contributed by atoms with van der Waals surface area (Å²) in [6.45, 7) is 0. The first-order valence-electron chi connectivity index (χ1n) is 5.13. The second-order valence-corrected chi connectivity index (χ2v) is 3.65. The minimum Gasteiger partial charge on any atom is -0.455 e. The summed E-state index contributed by atoms with van der Waals surface area (Å²) in [5, 5.41) is 10.5. The molecule has 2 rings (SSSR count). The number of nitrogens with two attached hydrogens (primary N) is 2. The van der Waals surface area contributed by atoms with E-state index in [4.69, 9.17) is 16.2 Å². The zero-order chi connectivity index (χ0) is 13.1. The van der Waals surface area contributed by atoms with Crippen LogP contribution < -0.4 is 16.2 Å². The molecule has 0 aliphatic heterocycles. The molecule has 92 valence electrons. The van der Waals surface area contributed by atoms with Crippen molar-refractivity contribution in [2.45, 2.75) is 0 Å². The highest BCUT2D eigenvalue weighted by molar-refractivity contribution is 5.61. The molecular weight excluding hydrogens is 234 g/mol. The van der Waals surface area contributed by atoms with Gasteiger partial charge in [0.15, 0.2) is 0 Å². The van der Waals surface area contributed by atoms with E-state index in [1.165, 1.54) is 24.3 Å². The smallest absolute Gasteiger partial charge is 0.269 e. The van der Waals surface area contributed by atoms with Gasteiger partial charge < -0.3 is 16.2 Å². The summed E-state index contributed by atoms with van der Waals surface area (Å²) in [6, 6.07) is 10.6. The second kappa shape index (κ2) is 4.62. The van der Waals surface area contributed by atoms with E-state index >= 15 is 0 Å². The van der Waals surface area contributed by atoms with E-state index in [9.17, 15) is 10.1 Å². The van der Waals surface area contributed by atoms with Crippen LogP contribution in [0, 0.1) is 10.1 Å². The highest BCUT2D eigenvalue weighted by Crippen LogP contribution is 2.29. The van der Waals surface area contributed by atoms with Crippen molar-refractivity contribution in [3.05, 3.63) is 52.6 Å². The number of hydrogen-bond donors (Lipinski definition) is 2. The molecule has 0 amide bonds. The predicted octanol–water partition coefficient (Wildman–Crippen LogP) is 2.55. The predicted molar refractivity (Wildman–Crippen MR) is 68.4 cm³/mol. The van der Waals surface area contributed by atoms with Crippen LogP contribution in [0.3, 0.4) is 0 Å². The first-order valence-corrected chi connectivity index (χ1v) is 5.13. The highest BCUT2D eigenvalue weighted by Gasteiger charge is 2.06. The summed E-state index contributed by atoms with van der Waals surface area (Å²) in [7, 11) is 0. The van der Waals surface area contributed by atoms with E-state index in [0.29, 0.717) is 22.9 Å². The number of benzene rings is 2. The van der Waals surface area contributed by atoms with Gasteiger partial charge in [0, 0.05) is 17.8 Å². The Morgan fingerprint density at radius 3 is 2.28 bits per heavy atom. The molecule has 0 atom stereocenters. The van der Waals surface area contributed by atoms with Crippen LogP contribution in [-0.2, 0) is 0 Å². The molecule has 2 aromatic carbocycles. The first-order chi connectivity index (χ1) is 8.56. The van der Waals surface area contributed by atoms with Crippen LogP contribution in [0.25, 0.3) is 0 Å². The summed E-state index contributed by atoms with van der Waals surface area (Å²) in [5.74, 6) is 0.926. The van der Waals surface area contributed by atoms with Gasteiger partial charge in [0.1, 0.15) is 11.5 Å². The Morgan fingerprint density at radius 2 is 1.72 bits per heavy atom. The maximum absolute atomic E-state index is 10.5. The minimum atomic E-state index is -0.471. The zero-order valence-electron chi connectivity index (χ0n) is 9.37. The van der Waals surface area contributed by atoms with Gasteiger partial charge in [-0.05, 0) is 30.3 Å². The number of hydrogen-bond acceptors (Lipinski definition) is 5. The van der Waals surface area contributed by atoms with E-state index in [2.05, 4.69) is 0 Å². The molecule has 0 saturated carbocycles. The molecule has 0 radical (unpaired) electrons. The Bertz CT molecular complexity index is 582. The van der Waals surface area contributed by atoms with Crippen LogP contribution in [0.4, 0.5) is 17.1 Å². The fourth-order valence-corrected chi connectivity index (χ4v) is 1.42. The van der Waals surface area contributed by atoms with Crippen molar-refractivity contribution in [2.75, 3.05) is 11.5 Å². The van der Waals surface area contributed by atoms with Gasteiger partial charge in [0.05, 0.1) is 10.6 Å². The van der Waals surface area contributed by atoms with E-state index in [1.54, 1.807) is 18.2 Å². The van der Waals surface area contributed by atoms with Gasteiger partial charge in [-0.2, -0.15) is 0 Å². The molecule has 0 aliphatic carbocycles. The average Bonchev–Trinajstić information content (AvgIpc) is 2.33. The molecule has 0 saturated heterocycles. The number of rotatable bonds is 3. The lowest BCUT2D eigenvalue weighted by atomic mass is 10.2. The number of nitrogens with zero attached hydrogens (tertiary/aromatic N) is 1. The maximum Gasteiger partial charge on any atom is 0.269 e. The zero-order valence-corrected chi connectivity index (χ0v) is 9.37. The summed E-state index contributed by atoms with van der Waals surface area (Å²) in [5.41, 5.74) is 12.3. The third-order valence-electron chi connectivity index (χ3n) is 2.31.